The van der Waals surface area contributed by atoms with Gasteiger partial charge in [-0.3, -0.25) is 0 Å². The normalized spacial score (nSPS) is 26.4. The fourth-order valence-electron chi connectivity index (χ4n) is 6.21. The van der Waals surface area contributed by atoms with Crippen LogP contribution in [0, 0.1) is 0 Å². The van der Waals surface area contributed by atoms with Gasteiger partial charge in [-0.2, -0.15) is 9.97 Å². The smallest absolute Gasteiger partial charge is 0.318 e. The van der Waals surface area contributed by atoms with Crippen molar-refractivity contribution in [2.75, 3.05) is 38.2 Å². The Hall–Kier alpha value is -2.45. The monoisotopic (exact) mass is 521 g/mol. The van der Waals surface area contributed by atoms with Crippen LogP contribution in [0.2, 0.25) is 5.02 Å². The molecule has 196 valence electrons. The summed E-state index contributed by atoms with van der Waals surface area (Å²) in [6.07, 6.45) is 2.89. The van der Waals surface area contributed by atoms with E-state index in [-0.39, 0.29) is 6.10 Å². The van der Waals surface area contributed by atoms with Crippen molar-refractivity contribution in [2.45, 2.75) is 63.9 Å². The van der Waals surface area contributed by atoms with Crippen LogP contribution in [0.3, 0.4) is 0 Å². The van der Waals surface area contributed by atoms with Gasteiger partial charge in [0, 0.05) is 53.6 Å². The minimum absolute atomic E-state index is 0.131. The first-order valence-corrected chi connectivity index (χ1v) is 13.9. The maximum atomic E-state index is 6.66. The molecular formula is C29H36ClN5O2. The van der Waals surface area contributed by atoms with Crippen molar-refractivity contribution in [3.8, 4) is 6.01 Å². The summed E-state index contributed by atoms with van der Waals surface area (Å²) >= 11 is 6.66. The Morgan fingerprint density at radius 3 is 2.65 bits per heavy atom. The van der Waals surface area contributed by atoms with Crippen molar-refractivity contribution < 1.29 is 9.47 Å². The van der Waals surface area contributed by atoms with Crippen molar-refractivity contribution in [3.05, 3.63) is 58.2 Å². The molecular weight excluding hydrogens is 486 g/mol. The van der Waals surface area contributed by atoms with Gasteiger partial charge in [-0.05, 0) is 57.3 Å². The second kappa shape index (κ2) is 10.4. The zero-order valence-electron chi connectivity index (χ0n) is 21.9. The number of ether oxygens (including phenoxy) is 2. The van der Waals surface area contributed by atoms with Gasteiger partial charge in [0.05, 0.1) is 18.4 Å². The van der Waals surface area contributed by atoms with Gasteiger partial charge < -0.3 is 24.6 Å². The third-order valence-electron chi connectivity index (χ3n) is 8.02. The number of likely N-dealkylation sites (N-methyl/N-ethyl adjacent to an activating group) is 1. The van der Waals surface area contributed by atoms with Crippen molar-refractivity contribution >= 4 is 28.2 Å². The maximum Gasteiger partial charge on any atom is 0.318 e. The number of anilines is 1. The summed E-state index contributed by atoms with van der Waals surface area (Å²) in [6.45, 7) is 8.42. The maximum absolute atomic E-state index is 6.66. The third kappa shape index (κ3) is 5.02. The van der Waals surface area contributed by atoms with Gasteiger partial charge in [0.2, 0.25) is 0 Å². The lowest BCUT2D eigenvalue weighted by Gasteiger charge is -2.39. The second-order valence-electron chi connectivity index (χ2n) is 10.9. The van der Waals surface area contributed by atoms with Crippen LogP contribution in [0.4, 0.5) is 5.82 Å². The van der Waals surface area contributed by atoms with Gasteiger partial charge in [-0.1, -0.05) is 41.9 Å². The molecule has 7 nitrogen and oxygen atoms in total. The fourth-order valence-corrected chi connectivity index (χ4v) is 6.50. The molecule has 1 unspecified atom stereocenters. The Labute approximate surface area is 224 Å². The van der Waals surface area contributed by atoms with Crippen LogP contribution in [-0.4, -0.2) is 66.3 Å². The predicted molar refractivity (Wildman–Crippen MR) is 148 cm³/mol. The fraction of sp³-hybridized carbons (Fsp3) is 0.517. The molecule has 0 spiro atoms. The summed E-state index contributed by atoms with van der Waals surface area (Å²) in [5.74, 6) is 0.953. The van der Waals surface area contributed by atoms with Crippen LogP contribution < -0.4 is 15.0 Å². The summed E-state index contributed by atoms with van der Waals surface area (Å²) in [5, 5.41) is 6.55. The highest BCUT2D eigenvalue weighted by Crippen LogP contribution is 2.39. The number of rotatable bonds is 5. The molecule has 0 amide bonds. The molecule has 6 rings (SSSR count). The molecule has 37 heavy (non-hydrogen) atoms. The minimum atomic E-state index is -0.131. The lowest BCUT2D eigenvalue weighted by Crippen LogP contribution is -2.54. The average Bonchev–Trinajstić information content (AvgIpc) is 3.30. The van der Waals surface area contributed by atoms with Crippen LogP contribution in [-0.2, 0) is 17.8 Å². The molecule has 8 heteroatoms. The van der Waals surface area contributed by atoms with Crippen molar-refractivity contribution in [3.63, 3.8) is 0 Å². The van der Waals surface area contributed by atoms with Gasteiger partial charge in [0.25, 0.3) is 0 Å². The molecule has 2 fully saturated rings. The first kappa shape index (κ1) is 24.9. The molecule has 4 atom stereocenters. The molecule has 3 aromatic rings. The zero-order chi connectivity index (χ0) is 25.5. The Balaban J connectivity index is 1.35. The number of hydrogen-bond acceptors (Lipinski definition) is 7. The quantitative estimate of drug-likeness (QED) is 0.519. The number of fused-ring (bicyclic) bond motifs is 2. The van der Waals surface area contributed by atoms with E-state index in [4.69, 9.17) is 31.0 Å². The first-order chi connectivity index (χ1) is 18.0. The van der Waals surface area contributed by atoms with Gasteiger partial charge in [-0.25, -0.2) is 0 Å². The van der Waals surface area contributed by atoms with Crippen LogP contribution in [0.25, 0.3) is 10.8 Å². The van der Waals surface area contributed by atoms with E-state index < -0.39 is 0 Å². The molecule has 3 aliphatic rings. The molecule has 2 saturated heterocycles. The standard InChI is InChI=1S/C29H36ClN5O2/c1-18-14-35(15-19(2)31-18)28-23-17-36-26(22-10-4-7-20-8-5-11-24(30)27(20)22)13-25(23)32-29(33-28)37-16-21-9-6-12-34(21)3/h4-5,7-8,10-11,18-19,21,26,31H,6,9,12-17H2,1-3H3/t18-,19+,21-,26?/m0/s1. The number of nitrogens with one attached hydrogen (secondary N) is 1. The van der Waals surface area contributed by atoms with Crippen molar-refractivity contribution in [1.29, 1.82) is 0 Å². The van der Waals surface area contributed by atoms with Crippen LogP contribution in [0.15, 0.2) is 36.4 Å². The number of halogens is 1. The van der Waals surface area contributed by atoms with Crippen LogP contribution >= 0.6 is 11.6 Å². The van der Waals surface area contributed by atoms with E-state index in [0.29, 0.717) is 43.8 Å². The summed E-state index contributed by atoms with van der Waals surface area (Å²) in [4.78, 5) is 14.7. The van der Waals surface area contributed by atoms with Gasteiger partial charge >= 0.3 is 6.01 Å². The first-order valence-electron chi connectivity index (χ1n) is 13.5. The van der Waals surface area contributed by atoms with E-state index in [1.165, 1.54) is 6.42 Å². The Morgan fingerprint density at radius 2 is 1.89 bits per heavy atom. The summed E-state index contributed by atoms with van der Waals surface area (Å²) in [6, 6.07) is 14.0. The van der Waals surface area contributed by atoms with Crippen LogP contribution in [0.5, 0.6) is 6.01 Å². The predicted octanol–water partition coefficient (Wildman–Crippen LogP) is 4.76. The SMILES string of the molecule is C[C@@H]1CN(c2nc(OC[C@@H]3CCCN3C)nc3c2COC(c2cccc4cccc(Cl)c24)C3)C[C@H](C)N1. The highest BCUT2D eigenvalue weighted by Gasteiger charge is 2.32. The number of benzene rings is 2. The number of likely N-dealkylation sites (tertiary alicyclic amines) is 1. The molecule has 0 saturated carbocycles. The highest BCUT2D eigenvalue weighted by atomic mass is 35.5. The van der Waals surface area contributed by atoms with E-state index in [2.05, 4.69) is 60.3 Å². The molecule has 1 N–H and O–H groups in total. The molecule has 3 aliphatic heterocycles. The number of nitrogens with zero attached hydrogens (tertiary/aromatic N) is 4. The Bertz CT molecular complexity index is 1270. The van der Waals surface area contributed by atoms with Gasteiger partial charge in [-0.15, -0.1) is 0 Å². The van der Waals surface area contributed by atoms with E-state index >= 15 is 0 Å². The summed E-state index contributed by atoms with van der Waals surface area (Å²) in [5.41, 5.74) is 3.20. The summed E-state index contributed by atoms with van der Waals surface area (Å²) < 4.78 is 12.8. The summed E-state index contributed by atoms with van der Waals surface area (Å²) in [7, 11) is 2.17. The molecule has 0 radical (unpaired) electrons. The third-order valence-corrected chi connectivity index (χ3v) is 8.34. The minimum Gasteiger partial charge on any atom is -0.462 e. The topological polar surface area (TPSA) is 62.8 Å². The number of aromatic nitrogens is 2. The lowest BCUT2D eigenvalue weighted by atomic mass is 9.94. The zero-order valence-corrected chi connectivity index (χ0v) is 22.7. The van der Waals surface area contributed by atoms with E-state index in [1.807, 2.05) is 12.1 Å². The number of hydrogen-bond donors (Lipinski definition) is 1. The van der Waals surface area contributed by atoms with Gasteiger partial charge in [0.1, 0.15) is 12.4 Å². The molecule has 1 aromatic heterocycles. The van der Waals surface area contributed by atoms with Crippen LogP contribution in [0.1, 0.15) is 49.6 Å². The Morgan fingerprint density at radius 1 is 1.11 bits per heavy atom. The molecule has 0 bridgehead atoms. The van der Waals surface area contributed by atoms with Crippen molar-refractivity contribution in [1.82, 2.24) is 20.2 Å². The second-order valence-corrected chi connectivity index (χ2v) is 11.3. The highest BCUT2D eigenvalue weighted by molar-refractivity contribution is 6.35. The molecule has 0 aliphatic carbocycles. The van der Waals surface area contributed by atoms with Gasteiger partial charge in [0.15, 0.2) is 0 Å². The largest absolute Gasteiger partial charge is 0.462 e. The average molecular weight is 522 g/mol. The van der Waals surface area contributed by atoms with E-state index in [0.717, 1.165) is 64.5 Å². The van der Waals surface area contributed by atoms with Crippen molar-refractivity contribution in [2.24, 2.45) is 0 Å². The lowest BCUT2D eigenvalue weighted by molar-refractivity contribution is 0.0265. The van der Waals surface area contributed by atoms with E-state index in [1.54, 1.807) is 0 Å². The van der Waals surface area contributed by atoms with E-state index in [9.17, 15) is 0 Å². The number of piperazine rings is 1. The molecule has 2 aromatic carbocycles. The Kier molecular flexibility index (Phi) is 6.97. The molecule has 4 heterocycles.